The topological polar surface area (TPSA) is 196 Å². The first kappa shape index (κ1) is 27.9. The molecule has 7 atom stereocenters. The number of benzene rings is 2. The van der Waals surface area contributed by atoms with E-state index in [9.17, 15) is 40.5 Å². The van der Waals surface area contributed by atoms with Gasteiger partial charge < -0.3 is 54.7 Å². The van der Waals surface area contributed by atoms with Crippen LogP contribution in [0.3, 0.4) is 0 Å². The molecule has 38 heavy (non-hydrogen) atoms. The number of methoxy groups -OCH3 is 2. The van der Waals surface area contributed by atoms with Gasteiger partial charge in [0, 0.05) is 17.9 Å². The largest absolute Gasteiger partial charge is 0.504 e. The molecular formula is C26H32O12. The summed E-state index contributed by atoms with van der Waals surface area (Å²) in [6, 6.07) is 7.42. The molecule has 2 saturated heterocycles. The Morgan fingerprint density at radius 2 is 1.66 bits per heavy atom. The molecule has 2 aromatic carbocycles. The molecule has 2 aromatic rings. The molecule has 0 aromatic heterocycles. The highest BCUT2D eigenvalue weighted by Gasteiger charge is 2.51. The maximum absolute atomic E-state index is 12.6. The number of ether oxygens (including phenoxy) is 4. The Bertz CT molecular complexity index is 1170. The van der Waals surface area contributed by atoms with Gasteiger partial charge in [-0.15, -0.1) is 0 Å². The minimum Gasteiger partial charge on any atom is -0.504 e. The molecule has 12 heteroatoms. The Labute approximate surface area is 218 Å². The van der Waals surface area contributed by atoms with Crippen LogP contribution < -0.4 is 9.47 Å². The molecule has 2 fully saturated rings. The Balaban J connectivity index is 1.65. The van der Waals surface area contributed by atoms with Crippen molar-refractivity contribution in [3.63, 3.8) is 0 Å². The van der Waals surface area contributed by atoms with Gasteiger partial charge in [-0.3, -0.25) is 0 Å². The van der Waals surface area contributed by atoms with E-state index in [-0.39, 0.29) is 48.0 Å². The lowest BCUT2D eigenvalue weighted by molar-refractivity contribution is -0.232. The molecule has 2 heterocycles. The van der Waals surface area contributed by atoms with Gasteiger partial charge in [0.1, 0.15) is 30.5 Å². The van der Waals surface area contributed by atoms with Crippen molar-refractivity contribution in [2.45, 2.75) is 49.0 Å². The number of aliphatic hydroxyl groups is 5. The van der Waals surface area contributed by atoms with E-state index < -0.39 is 54.6 Å². The molecule has 0 bridgehead atoms. The Kier molecular flexibility index (Phi) is 8.02. The number of carbonyl (C=O) groups is 1. The molecule has 2 aliphatic rings. The number of esters is 1. The van der Waals surface area contributed by atoms with Crippen molar-refractivity contribution in [1.29, 1.82) is 0 Å². The smallest absolute Gasteiger partial charge is 0.338 e. The Hall–Kier alpha value is -3.13. The summed E-state index contributed by atoms with van der Waals surface area (Å²) in [5, 5.41) is 72.5. The second kappa shape index (κ2) is 10.9. The van der Waals surface area contributed by atoms with Crippen molar-refractivity contribution < 1.29 is 59.5 Å². The monoisotopic (exact) mass is 536 g/mol. The second-order valence-electron chi connectivity index (χ2n) is 9.59. The minimum absolute atomic E-state index is 0.00603. The van der Waals surface area contributed by atoms with E-state index in [4.69, 9.17) is 18.9 Å². The van der Waals surface area contributed by atoms with Crippen LogP contribution in [0.5, 0.6) is 23.0 Å². The van der Waals surface area contributed by atoms with Crippen LogP contribution in [0.1, 0.15) is 22.8 Å². The van der Waals surface area contributed by atoms with E-state index >= 15 is 0 Å². The van der Waals surface area contributed by atoms with Crippen molar-refractivity contribution in [2.75, 3.05) is 27.4 Å². The first-order chi connectivity index (χ1) is 18.0. The molecule has 0 aliphatic carbocycles. The van der Waals surface area contributed by atoms with Crippen molar-refractivity contribution in [1.82, 2.24) is 0 Å². The van der Waals surface area contributed by atoms with Gasteiger partial charge in [0.2, 0.25) is 0 Å². The van der Waals surface area contributed by atoms with Gasteiger partial charge >= 0.3 is 5.97 Å². The lowest BCUT2D eigenvalue weighted by Crippen LogP contribution is -2.55. The Morgan fingerprint density at radius 1 is 0.974 bits per heavy atom. The average molecular weight is 537 g/mol. The normalized spacial score (nSPS) is 31.2. The number of rotatable bonds is 8. The standard InChI is InChI=1S/C26H32O12/c1-35-17-7-12(3-4-16(17)28)9-26(34)14(11-37-25(26)33)5-13-6-15(20(29)18(8-13)36-2)24-23(32)22(31)21(30)19(10-27)38-24/h3-4,6-8,14,19,21-24,27-32,34H,5,9-11H2,1-2H3/t14-,19+,21+,22-,23+,24-,26-/m0/s1. The maximum Gasteiger partial charge on any atom is 0.338 e. The summed E-state index contributed by atoms with van der Waals surface area (Å²) in [6.45, 7) is -0.737. The van der Waals surface area contributed by atoms with Gasteiger partial charge in [-0.25, -0.2) is 4.79 Å². The fourth-order valence-electron chi connectivity index (χ4n) is 5.02. The fourth-order valence-corrected chi connectivity index (χ4v) is 5.02. The summed E-state index contributed by atoms with van der Waals surface area (Å²) in [7, 11) is 2.69. The highest BCUT2D eigenvalue weighted by molar-refractivity contribution is 5.82. The van der Waals surface area contributed by atoms with Crippen LogP contribution in [0.2, 0.25) is 0 Å². The molecule has 0 saturated carbocycles. The summed E-state index contributed by atoms with van der Waals surface area (Å²) >= 11 is 0. The zero-order valence-electron chi connectivity index (χ0n) is 20.9. The van der Waals surface area contributed by atoms with E-state index in [2.05, 4.69) is 0 Å². The molecule has 12 nitrogen and oxygen atoms in total. The molecular weight excluding hydrogens is 504 g/mol. The van der Waals surface area contributed by atoms with Gasteiger partial charge in [-0.1, -0.05) is 6.07 Å². The summed E-state index contributed by atoms with van der Waals surface area (Å²) in [4.78, 5) is 12.6. The molecule has 208 valence electrons. The number of aliphatic hydroxyl groups excluding tert-OH is 4. The molecule has 4 rings (SSSR count). The quantitative estimate of drug-likeness (QED) is 0.210. The molecule has 0 radical (unpaired) electrons. The number of hydrogen-bond acceptors (Lipinski definition) is 12. The third kappa shape index (κ3) is 4.98. The molecule has 0 unspecified atom stereocenters. The number of cyclic esters (lactones) is 1. The summed E-state index contributed by atoms with van der Waals surface area (Å²) < 4.78 is 21.2. The number of carbonyl (C=O) groups excluding carboxylic acids is 1. The van der Waals surface area contributed by atoms with E-state index in [1.807, 2.05) is 0 Å². The predicted octanol–water partition coefficient (Wildman–Crippen LogP) is -0.681. The third-order valence-corrected chi connectivity index (χ3v) is 7.23. The van der Waals surface area contributed by atoms with Crippen molar-refractivity contribution in [2.24, 2.45) is 5.92 Å². The SMILES string of the molecule is COc1cc(C[C@@]2(O)C(=O)OC[C@@H]2Cc2cc(OC)c(O)c([C@@H]3O[C@H](CO)[C@@H](O)[C@H](O)[C@H]3O)c2)ccc1O. The summed E-state index contributed by atoms with van der Waals surface area (Å²) in [5.41, 5.74) is -0.891. The lowest BCUT2D eigenvalue weighted by Gasteiger charge is -2.40. The van der Waals surface area contributed by atoms with Crippen LogP contribution >= 0.6 is 0 Å². The van der Waals surface area contributed by atoms with Gasteiger partial charge in [0.15, 0.2) is 28.6 Å². The van der Waals surface area contributed by atoms with Crippen LogP contribution in [0.4, 0.5) is 0 Å². The van der Waals surface area contributed by atoms with Crippen LogP contribution in [-0.4, -0.2) is 99.2 Å². The molecule has 7 N–H and O–H groups in total. The highest BCUT2D eigenvalue weighted by atomic mass is 16.6. The van der Waals surface area contributed by atoms with Crippen molar-refractivity contribution in [3.8, 4) is 23.0 Å². The van der Waals surface area contributed by atoms with Gasteiger partial charge in [-0.2, -0.15) is 0 Å². The zero-order valence-corrected chi connectivity index (χ0v) is 20.9. The van der Waals surface area contributed by atoms with Gasteiger partial charge in [-0.05, 0) is 41.8 Å². The number of aromatic hydroxyl groups is 2. The third-order valence-electron chi connectivity index (χ3n) is 7.23. The number of phenolic OH excluding ortho intramolecular Hbond substituents is 2. The second-order valence-corrected chi connectivity index (χ2v) is 9.59. The zero-order chi connectivity index (χ0) is 27.8. The van der Waals surface area contributed by atoms with Gasteiger partial charge in [0.25, 0.3) is 0 Å². The van der Waals surface area contributed by atoms with Crippen LogP contribution in [-0.2, 0) is 27.1 Å². The van der Waals surface area contributed by atoms with Gasteiger partial charge in [0.05, 0.1) is 27.4 Å². The number of phenols is 2. The van der Waals surface area contributed by atoms with E-state index in [1.165, 1.54) is 38.5 Å². The van der Waals surface area contributed by atoms with Crippen LogP contribution in [0.15, 0.2) is 30.3 Å². The molecule has 0 amide bonds. The first-order valence-electron chi connectivity index (χ1n) is 12.0. The first-order valence-corrected chi connectivity index (χ1v) is 12.0. The van der Waals surface area contributed by atoms with Crippen molar-refractivity contribution >= 4 is 5.97 Å². The summed E-state index contributed by atoms with van der Waals surface area (Å²) in [5.74, 6) is -1.83. The highest BCUT2D eigenvalue weighted by Crippen LogP contribution is 2.43. The molecule has 2 aliphatic heterocycles. The van der Waals surface area contributed by atoms with Crippen LogP contribution in [0, 0.1) is 5.92 Å². The predicted molar refractivity (Wildman–Crippen MR) is 129 cm³/mol. The van der Waals surface area contributed by atoms with E-state index in [0.717, 1.165) is 0 Å². The lowest BCUT2D eigenvalue weighted by atomic mass is 9.80. The maximum atomic E-state index is 12.6. The molecule has 0 spiro atoms. The van der Waals surface area contributed by atoms with E-state index in [1.54, 1.807) is 6.07 Å². The minimum atomic E-state index is -1.92. The Morgan fingerprint density at radius 3 is 2.32 bits per heavy atom. The van der Waals surface area contributed by atoms with Crippen molar-refractivity contribution in [3.05, 3.63) is 47.0 Å². The fraction of sp³-hybridized carbons (Fsp3) is 0.500. The van der Waals surface area contributed by atoms with Crippen LogP contribution in [0.25, 0.3) is 0 Å². The summed E-state index contributed by atoms with van der Waals surface area (Å²) in [6.07, 6.45) is -7.44. The average Bonchev–Trinajstić information content (AvgIpc) is 3.17. The number of hydrogen-bond donors (Lipinski definition) is 7. The van der Waals surface area contributed by atoms with E-state index in [0.29, 0.717) is 11.1 Å².